The summed E-state index contributed by atoms with van der Waals surface area (Å²) in [5.41, 5.74) is 4.68. The number of hydrogen-bond donors (Lipinski definition) is 2. The summed E-state index contributed by atoms with van der Waals surface area (Å²) in [6.07, 6.45) is 1.13. The molecule has 160 valence electrons. The van der Waals surface area contributed by atoms with Gasteiger partial charge in [0.25, 0.3) is 0 Å². The van der Waals surface area contributed by atoms with Crippen LogP contribution in [0.1, 0.15) is 25.8 Å². The molecule has 0 spiro atoms. The SMILES string of the molecule is CCN(CC)c1ccc(C=NNC(=O)CC(=O)Nc2cccc(OC)c2)c(OC)c1. The number of amides is 2. The number of ether oxygens (including phenoxy) is 2. The second kappa shape index (κ2) is 11.5. The summed E-state index contributed by atoms with van der Waals surface area (Å²) in [6.45, 7) is 5.96. The van der Waals surface area contributed by atoms with Gasteiger partial charge in [0.15, 0.2) is 0 Å². The van der Waals surface area contributed by atoms with E-state index in [4.69, 9.17) is 9.47 Å². The Kier molecular flexibility index (Phi) is 8.68. The fourth-order valence-electron chi connectivity index (χ4n) is 2.86. The molecular weight excluding hydrogens is 384 g/mol. The highest BCUT2D eigenvalue weighted by Crippen LogP contribution is 2.24. The van der Waals surface area contributed by atoms with Crippen molar-refractivity contribution in [1.82, 2.24) is 5.43 Å². The fourth-order valence-corrected chi connectivity index (χ4v) is 2.86. The first-order valence-corrected chi connectivity index (χ1v) is 9.69. The zero-order valence-corrected chi connectivity index (χ0v) is 17.8. The van der Waals surface area contributed by atoms with Crippen LogP contribution in [0.2, 0.25) is 0 Å². The van der Waals surface area contributed by atoms with Crippen molar-refractivity contribution in [3.05, 3.63) is 48.0 Å². The summed E-state index contributed by atoms with van der Waals surface area (Å²) >= 11 is 0. The molecule has 0 unspecified atom stereocenters. The number of hydrogen-bond acceptors (Lipinski definition) is 6. The van der Waals surface area contributed by atoms with E-state index >= 15 is 0 Å². The van der Waals surface area contributed by atoms with Crippen LogP contribution in [-0.4, -0.2) is 45.3 Å². The number of nitrogens with zero attached hydrogens (tertiary/aromatic N) is 2. The van der Waals surface area contributed by atoms with Crippen molar-refractivity contribution in [2.24, 2.45) is 5.10 Å². The highest BCUT2D eigenvalue weighted by atomic mass is 16.5. The first kappa shape index (κ1) is 22.7. The predicted molar refractivity (Wildman–Crippen MR) is 119 cm³/mol. The lowest BCUT2D eigenvalue weighted by molar-refractivity contribution is -0.126. The Morgan fingerprint density at radius 3 is 2.47 bits per heavy atom. The van der Waals surface area contributed by atoms with Crippen molar-refractivity contribution in [3.63, 3.8) is 0 Å². The van der Waals surface area contributed by atoms with E-state index in [1.165, 1.54) is 6.21 Å². The van der Waals surface area contributed by atoms with Gasteiger partial charge >= 0.3 is 0 Å². The third-order valence-corrected chi connectivity index (χ3v) is 4.41. The van der Waals surface area contributed by atoms with E-state index in [1.54, 1.807) is 38.5 Å². The zero-order valence-electron chi connectivity index (χ0n) is 17.8. The maximum Gasteiger partial charge on any atom is 0.249 e. The van der Waals surface area contributed by atoms with E-state index in [1.807, 2.05) is 18.2 Å². The molecule has 2 amide bonds. The van der Waals surface area contributed by atoms with E-state index < -0.39 is 11.8 Å². The Hall–Kier alpha value is -3.55. The summed E-state index contributed by atoms with van der Waals surface area (Å²) < 4.78 is 10.5. The van der Waals surface area contributed by atoms with Crippen LogP contribution in [-0.2, 0) is 9.59 Å². The van der Waals surface area contributed by atoms with Gasteiger partial charge in [-0.2, -0.15) is 5.10 Å². The van der Waals surface area contributed by atoms with E-state index in [9.17, 15) is 9.59 Å². The standard InChI is InChI=1S/C22H28N4O4/c1-5-26(6-2)18-11-10-16(20(13-18)30-4)15-23-25-22(28)14-21(27)24-17-8-7-9-19(12-17)29-3/h7-13,15H,5-6,14H2,1-4H3,(H,24,27)(H,25,28). The molecule has 0 saturated heterocycles. The lowest BCUT2D eigenvalue weighted by Crippen LogP contribution is -2.24. The van der Waals surface area contributed by atoms with Gasteiger partial charge in [0.1, 0.15) is 17.9 Å². The van der Waals surface area contributed by atoms with Gasteiger partial charge in [0.05, 0.1) is 20.4 Å². The monoisotopic (exact) mass is 412 g/mol. The molecule has 2 aromatic carbocycles. The van der Waals surface area contributed by atoms with Gasteiger partial charge in [0, 0.05) is 42.2 Å². The maximum absolute atomic E-state index is 12.0. The van der Waals surface area contributed by atoms with Crippen LogP contribution in [0.15, 0.2) is 47.6 Å². The van der Waals surface area contributed by atoms with E-state index in [2.05, 4.69) is 34.6 Å². The molecule has 0 aromatic heterocycles. The first-order chi connectivity index (χ1) is 14.5. The quantitative estimate of drug-likeness (QED) is 0.356. The second-order valence-corrected chi connectivity index (χ2v) is 6.35. The van der Waals surface area contributed by atoms with Crippen LogP contribution in [0.4, 0.5) is 11.4 Å². The van der Waals surface area contributed by atoms with Crippen molar-refractivity contribution in [1.29, 1.82) is 0 Å². The summed E-state index contributed by atoms with van der Waals surface area (Å²) in [6, 6.07) is 12.7. The molecule has 0 fully saturated rings. The molecule has 2 N–H and O–H groups in total. The molecule has 0 aliphatic carbocycles. The predicted octanol–water partition coefficient (Wildman–Crippen LogP) is 3.03. The van der Waals surface area contributed by atoms with Crippen molar-refractivity contribution in [2.45, 2.75) is 20.3 Å². The number of methoxy groups -OCH3 is 2. The molecule has 0 radical (unpaired) electrons. The molecule has 0 saturated carbocycles. The van der Waals surface area contributed by atoms with Crippen molar-refractivity contribution in [2.75, 3.05) is 37.5 Å². The maximum atomic E-state index is 12.0. The minimum absolute atomic E-state index is 0.355. The first-order valence-electron chi connectivity index (χ1n) is 9.69. The van der Waals surface area contributed by atoms with Crippen LogP contribution in [0.5, 0.6) is 11.5 Å². The molecule has 0 atom stereocenters. The molecule has 0 bridgehead atoms. The number of carbonyl (C=O) groups is 2. The van der Waals surface area contributed by atoms with Crippen molar-refractivity contribution >= 4 is 29.4 Å². The molecular formula is C22H28N4O4. The Bertz CT molecular complexity index is 894. The Morgan fingerprint density at radius 1 is 1.03 bits per heavy atom. The van der Waals surface area contributed by atoms with Crippen LogP contribution in [0, 0.1) is 0 Å². The van der Waals surface area contributed by atoms with Gasteiger partial charge in [-0.25, -0.2) is 5.43 Å². The van der Waals surface area contributed by atoms with Gasteiger partial charge < -0.3 is 19.7 Å². The van der Waals surface area contributed by atoms with E-state index in [0.29, 0.717) is 17.2 Å². The Morgan fingerprint density at radius 2 is 1.80 bits per heavy atom. The van der Waals surface area contributed by atoms with Crippen molar-refractivity contribution < 1.29 is 19.1 Å². The number of benzene rings is 2. The minimum atomic E-state index is -0.523. The third kappa shape index (κ3) is 6.51. The lowest BCUT2D eigenvalue weighted by atomic mass is 10.2. The smallest absolute Gasteiger partial charge is 0.249 e. The largest absolute Gasteiger partial charge is 0.497 e. The van der Waals surface area contributed by atoms with Crippen molar-refractivity contribution in [3.8, 4) is 11.5 Å². The number of carbonyl (C=O) groups excluding carboxylic acids is 2. The summed E-state index contributed by atoms with van der Waals surface area (Å²) in [5, 5.41) is 6.58. The Labute approximate surface area is 176 Å². The third-order valence-electron chi connectivity index (χ3n) is 4.41. The van der Waals surface area contributed by atoms with Crippen LogP contribution >= 0.6 is 0 Å². The fraction of sp³-hybridized carbons (Fsp3) is 0.318. The van der Waals surface area contributed by atoms with Crippen LogP contribution < -0.4 is 25.1 Å². The molecule has 0 heterocycles. The number of rotatable bonds is 10. The molecule has 8 nitrogen and oxygen atoms in total. The summed E-state index contributed by atoms with van der Waals surface area (Å²) in [7, 11) is 3.12. The van der Waals surface area contributed by atoms with Crippen LogP contribution in [0.3, 0.4) is 0 Å². The summed E-state index contributed by atoms with van der Waals surface area (Å²) in [5.74, 6) is 0.290. The topological polar surface area (TPSA) is 92.3 Å². The number of anilines is 2. The van der Waals surface area contributed by atoms with Crippen LogP contribution in [0.25, 0.3) is 0 Å². The van der Waals surface area contributed by atoms with Gasteiger partial charge in [-0.1, -0.05) is 6.07 Å². The average Bonchev–Trinajstić information content (AvgIpc) is 2.75. The van der Waals surface area contributed by atoms with E-state index in [-0.39, 0.29) is 6.42 Å². The highest BCUT2D eigenvalue weighted by Gasteiger charge is 2.10. The highest BCUT2D eigenvalue weighted by molar-refractivity contribution is 6.03. The molecule has 2 rings (SSSR count). The molecule has 8 heteroatoms. The lowest BCUT2D eigenvalue weighted by Gasteiger charge is -2.21. The summed E-state index contributed by atoms with van der Waals surface area (Å²) in [4.78, 5) is 26.2. The molecule has 0 aliphatic heterocycles. The van der Waals surface area contributed by atoms with Gasteiger partial charge in [-0.05, 0) is 38.1 Å². The normalized spacial score (nSPS) is 10.5. The Balaban J connectivity index is 1.92. The van der Waals surface area contributed by atoms with Gasteiger partial charge in [-0.3, -0.25) is 9.59 Å². The number of nitrogens with one attached hydrogen (secondary N) is 2. The minimum Gasteiger partial charge on any atom is -0.497 e. The second-order valence-electron chi connectivity index (χ2n) is 6.35. The van der Waals surface area contributed by atoms with Gasteiger partial charge in [-0.15, -0.1) is 0 Å². The van der Waals surface area contributed by atoms with Gasteiger partial charge in [0.2, 0.25) is 11.8 Å². The number of hydrazone groups is 1. The molecule has 0 aliphatic rings. The zero-order chi connectivity index (χ0) is 21.9. The molecule has 2 aromatic rings. The molecule has 30 heavy (non-hydrogen) atoms. The van der Waals surface area contributed by atoms with E-state index in [0.717, 1.165) is 24.3 Å². The average molecular weight is 412 g/mol.